The fraction of sp³-hybridized carbons (Fsp3) is 0.261. The summed E-state index contributed by atoms with van der Waals surface area (Å²) in [6, 6.07) is 13.7. The largest absolute Gasteiger partial charge is 0.463 e. The number of nitrogens with one attached hydrogen (secondary N) is 1. The fourth-order valence-electron chi connectivity index (χ4n) is 3.31. The van der Waals surface area contributed by atoms with Crippen molar-refractivity contribution >= 4 is 17.7 Å². The van der Waals surface area contributed by atoms with Crippen molar-refractivity contribution in [1.29, 1.82) is 0 Å². The lowest BCUT2D eigenvalue weighted by molar-refractivity contribution is -0.152. The summed E-state index contributed by atoms with van der Waals surface area (Å²) in [4.78, 5) is 42.0. The van der Waals surface area contributed by atoms with Crippen molar-refractivity contribution in [3.05, 3.63) is 72.1 Å². The van der Waals surface area contributed by atoms with Crippen molar-refractivity contribution in [2.45, 2.75) is 31.3 Å². The van der Waals surface area contributed by atoms with Gasteiger partial charge in [-0.1, -0.05) is 36.4 Å². The number of benzene rings is 1. The molecular weight excluding hydrogens is 396 g/mol. The maximum Gasteiger partial charge on any atom is 0.376 e. The van der Waals surface area contributed by atoms with E-state index in [0.29, 0.717) is 17.0 Å². The molecule has 1 aliphatic carbocycles. The van der Waals surface area contributed by atoms with Crippen LogP contribution >= 0.6 is 0 Å². The Kier molecular flexibility index (Phi) is 5.88. The molecule has 0 radical (unpaired) electrons. The van der Waals surface area contributed by atoms with Crippen molar-refractivity contribution in [3.63, 3.8) is 0 Å². The molecule has 1 saturated carbocycles. The number of esters is 1. The number of amides is 1. The molecule has 1 N–H and O–H groups in total. The minimum atomic E-state index is -1.07. The summed E-state index contributed by atoms with van der Waals surface area (Å²) in [6.07, 6.45) is 5.48. The molecule has 1 unspecified atom stereocenters. The van der Waals surface area contributed by atoms with Gasteiger partial charge in [0, 0.05) is 18.8 Å². The molecule has 8 nitrogen and oxygen atoms in total. The number of pyridine rings is 1. The first-order valence-electron chi connectivity index (χ1n) is 10.0. The van der Waals surface area contributed by atoms with Gasteiger partial charge in [-0.2, -0.15) is 5.10 Å². The van der Waals surface area contributed by atoms with E-state index in [4.69, 9.17) is 0 Å². The van der Waals surface area contributed by atoms with Gasteiger partial charge in [-0.15, -0.1) is 0 Å². The molecule has 0 bridgehead atoms. The van der Waals surface area contributed by atoms with Crippen LogP contribution in [-0.4, -0.2) is 45.6 Å². The first-order valence-corrected chi connectivity index (χ1v) is 10.0. The second-order valence-corrected chi connectivity index (χ2v) is 7.39. The summed E-state index contributed by atoms with van der Waals surface area (Å²) < 4.78 is 6.36. The Hall–Kier alpha value is -3.81. The van der Waals surface area contributed by atoms with Crippen LogP contribution in [0, 0.1) is 0 Å². The number of carbonyl (C=O) groups excluding carboxylic acids is 3. The van der Waals surface area contributed by atoms with Crippen molar-refractivity contribution in [2.24, 2.45) is 0 Å². The van der Waals surface area contributed by atoms with Gasteiger partial charge in [0.2, 0.25) is 0 Å². The van der Waals surface area contributed by atoms with E-state index in [1.165, 1.54) is 0 Å². The van der Waals surface area contributed by atoms with Crippen molar-refractivity contribution in [3.8, 4) is 11.4 Å². The van der Waals surface area contributed by atoms with E-state index in [1.807, 2.05) is 36.4 Å². The van der Waals surface area contributed by atoms with Gasteiger partial charge in [0.1, 0.15) is 11.7 Å². The smallest absolute Gasteiger partial charge is 0.376 e. The molecule has 0 aliphatic heterocycles. The lowest BCUT2D eigenvalue weighted by Gasteiger charge is -2.16. The minimum absolute atomic E-state index is 0.163. The first-order chi connectivity index (χ1) is 15.1. The van der Waals surface area contributed by atoms with Crippen LogP contribution < -0.4 is 5.32 Å². The Balaban J connectivity index is 1.63. The van der Waals surface area contributed by atoms with E-state index in [2.05, 4.69) is 20.1 Å². The average Bonchev–Trinajstić information content (AvgIpc) is 3.56. The van der Waals surface area contributed by atoms with E-state index in [9.17, 15) is 14.4 Å². The Morgan fingerprint density at radius 1 is 1.13 bits per heavy atom. The SMILES string of the molecule is COC(=O)C(=O)C(Cc1ccccc1)NC(=O)c1cn(C2CC2)nc1-c1ccccn1. The molecule has 4 rings (SSSR count). The third-order valence-corrected chi connectivity index (χ3v) is 5.10. The number of rotatable bonds is 8. The van der Waals surface area contributed by atoms with Crippen LogP contribution in [0.4, 0.5) is 0 Å². The molecule has 31 heavy (non-hydrogen) atoms. The highest BCUT2D eigenvalue weighted by Crippen LogP contribution is 2.35. The maximum absolute atomic E-state index is 13.2. The molecule has 1 fully saturated rings. The monoisotopic (exact) mass is 418 g/mol. The third kappa shape index (κ3) is 4.69. The number of ether oxygens (including phenoxy) is 1. The standard InChI is InChI=1S/C23H22N4O4/c1-31-23(30)21(28)19(13-15-7-3-2-4-8-15)25-22(29)17-14-27(16-10-11-16)26-20(17)18-9-5-6-12-24-18/h2-9,12,14,16,19H,10-11,13H2,1H3,(H,25,29). The number of nitrogens with zero attached hydrogens (tertiary/aromatic N) is 3. The molecule has 1 atom stereocenters. The Morgan fingerprint density at radius 2 is 1.87 bits per heavy atom. The molecule has 3 aromatic rings. The zero-order chi connectivity index (χ0) is 21.8. The number of methoxy groups -OCH3 is 1. The number of carbonyl (C=O) groups is 3. The fourth-order valence-corrected chi connectivity index (χ4v) is 3.31. The summed E-state index contributed by atoms with van der Waals surface area (Å²) in [5.41, 5.74) is 2.12. The molecule has 0 saturated heterocycles. The van der Waals surface area contributed by atoms with Gasteiger partial charge in [0.25, 0.3) is 11.7 Å². The molecule has 1 aliphatic rings. The summed E-state index contributed by atoms with van der Waals surface area (Å²) in [6.45, 7) is 0. The van der Waals surface area contributed by atoms with Gasteiger partial charge >= 0.3 is 5.97 Å². The van der Waals surface area contributed by atoms with Gasteiger partial charge in [-0.25, -0.2) is 4.79 Å². The van der Waals surface area contributed by atoms with Crippen LogP contribution in [0.3, 0.4) is 0 Å². The minimum Gasteiger partial charge on any atom is -0.463 e. The number of aromatic nitrogens is 3. The van der Waals surface area contributed by atoms with Crippen LogP contribution in [0.5, 0.6) is 0 Å². The van der Waals surface area contributed by atoms with E-state index in [0.717, 1.165) is 25.5 Å². The lowest BCUT2D eigenvalue weighted by Crippen LogP contribution is -2.45. The molecular formula is C23H22N4O4. The lowest BCUT2D eigenvalue weighted by atomic mass is 10.0. The molecule has 2 heterocycles. The zero-order valence-corrected chi connectivity index (χ0v) is 17.0. The maximum atomic E-state index is 13.2. The van der Waals surface area contributed by atoms with Crippen LogP contribution in [0.15, 0.2) is 60.9 Å². The predicted molar refractivity (Wildman–Crippen MR) is 112 cm³/mol. The van der Waals surface area contributed by atoms with E-state index >= 15 is 0 Å². The summed E-state index contributed by atoms with van der Waals surface area (Å²) >= 11 is 0. The van der Waals surface area contributed by atoms with Gasteiger partial charge in [-0.05, 0) is 30.5 Å². The van der Waals surface area contributed by atoms with E-state index in [1.54, 1.807) is 29.2 Å². The summed E-state index contributed by atoms with van der Waals surface area (Å²) in [5.74, 6) is -2.31. The zero-order valence-electron chi connectivity index (χ0n) is 17.0. The molecule has 0 spiro atoms. The number of hydrogen-bond donors (Lipinski definition) is 1. The van der Waals surface area contributed by atoms with Crippen LogP contribution in [0.2, 0.25) is 0 Å². The first kappa shape index (κ1) is 20.5. The second-order valence-electron chi connectivity index (χ2n) is 7.39. The van der Waals surface area contributed by atoms with Gasteiger partial charge < -0.3 is 10.1 Å². The highest BCUT2D eigenvalue weighted by atomic mass is 16.5. The average molecular weight is 418 g/mol. The quantitative estimate of drug-likeness (QED) is 0.445. The van der Waals surface area contributed by atoms with Crippen LogP contribution in [-0.2, 0) is 20.7 Å². The van der Waals surface area contributed by atoms with E-state index < -0.39 is 23.7 Å². The number of hydrogen-bond acceptors (Lipinski definition) is 6. The molecule has 2 aromatic heterocycles. The predicted octanol–water partition coefficient (Wildman–Crippen LogP) is 2.36. The van der Waals surface area contributed by atoms with Gasteiger partial charge in [0.05, 0.1) is 24.4 Å². The Labute approximate surface area is 179 Å². The van der Waals surface area contributed by atoms with Gasteiger partial charge in [0.15, 0.2) is 0 Å². The van der Waals surface area contributed by atoms with Crippen molar-refractivity contribution in [1.82, 2.24) is 20.1 Å². The highest BCUT2D eigenvalue weighted by Gasteiger charge is 2.32. The second kappa shape index (κ2) is 8.91. The molecule has 1 aromatic carbocycles. The Bertz CT molecular complexity index is 1090. The van der Waals surface area contributed by atoms with Crippen LogP contribution in [0.1, 0.15) is 34.8 Å². The van der Waals surface area contributed by atoms with Gasteiger partial charge in [-0.3, -0.25) is 19.3 Å². The topological polar surface area (TPSA) is 103 Å². The highest BCUT2D eigenvalue weighted by molar-refractivity contribution is 6.36. The number of Topliss-reactive ketones (excluding diaryl/α,β-unsaturated/α-hetero) is 1. The summed E-state index contributed by atoms with van der Waals surface area (Å²) in [7, 11) is 1.14. The van der Waals surface area contributed by atoms with E-state index in [-0.39, 0.29) is 12.5 Å². The third-order valence-electron chi connectivity index (χ3n) is 5.10. The number of ketones is 1. The normalized spacial score (nSPS) is 14.0. The Morgan fingerprint density at radius 3 is 2.52 bits per heavy atom. The summed E-state index contributed by atoms with van der Waals surface area (Å²) in [5, 5.41) is 7.28. The van der Waals surface area contributed by atoms with Crippen molar-refractivity contribution < 1.29 is 19.1 Å². The molecule has 8 heteroatoms. The molecule has 158 valence electrons. The van der Waals surface area contributed by atoms with Crippen LogP contribution in [0.25, 0.3) is 11.4 Å². The molecule has 1 amide bonds. The van der Waals surface area contributed by atoms with Crippen molar-refractivity contribution in [2.75, 3.05) is 7.11 Å².